The van der Waals surface area contributed by atoms with Gasteiger partial charge < -0.3 is 10.1 Å². The summed E-state index contributed by atoms with van der Waals surface area (Å²) in [5.41, 5.74) is 11.1. The molecule has 96 valence electrons. The van der Waals surface area contributed by atoms with Crippen molar-refractivity contribution < 1.29 is 0 Å². The van der Waals surface area contributed by atoms with Gasteiger partial charge in [-0.25, -0.2) is 0 Å². The molecule has 2 aromatic heterocycles. The third kappa shape index (κ3) is 2.27. The molecule has 0 amide bonds. The number of nitrogens with two attached hydrogens (primary N) is 1. The van der Waals surface area contributed by atoms with Crippen LogP contribution in [0.1, 0.15) is 12.5 Å². The van der Waals surface area contributed by atoms with E-state index in [1.165, 1.54) is 22.2 Å². The zero-order valence-corrected chi connectivity index (χ0v) is 11.1. The van der Waals surface area contributed by atoms with E-state index in [1.54, 1.807) is 0 Å². The summed E-state index contributed by atoms with van der Waals surface area (Å²) in [6.45, 7) is 2.05. The standard InChI is InChI=1S/C17H18N2/c1-13(18)11-15-12-19-10-6-5-9-16(19)17(15)14-7-3-2-4-8-14/h2-10,12-13H,11,18H2,1H3. The van der Waals surface area contributed by atoms with Crippen molar-refractivity contribution in [1.29, 1.82) is 0 Å². The van der Waals surface area contributed by atoms with Crippen molar-refractivity contribution in [3.05, 3.63) is 66.5 Å². The summed E-state index contributed by atoms with van der Waals surface area (Å²) in [6.07, 6.45) is 5.18. The van der Waals surface area contributed by atoms with E-state index in [0.717, 1.165) is 6.42 Å². The lowest BCUT2D eigenvalue weighted by molar-refractivity contribution is 0.739. The minimum absolute atomic E-state index is 0.167. The molecule has 1 unspecified atom stereocenters. The van der Waals surface area contributed by atoms with Crippen LogP contribution in [0.4, 0.5) is 0 Å². The molecule has 0 aliphatic heterocycles. The molecule has 1 aromatic carbocycles. The number of hydrogen-bond acceptors (Lipinski definition) is 1. The Morgan fingerprint density at radius 3 is 2.53 bits per heavy atom. The molecule has 2 heteroatoms. The maximum atomic E-state index is 5.98. The molecule has 0 saturated carbocycles. The highest BCUT2D eigenvalue weighted by Crippen LogP contribution is 2.30. The van der Waals surface area contributed by atoms with Crippen LogP contribution in [0.3, 0.4) is 0 Å². The number of hydrogen-bond donors (Lipinski definition) is 1. The van der Waals surface area contributed by atoms with Gasteiger partial charge in [-0.05, 0) is 36.6 Å². The van der Waals surface area contributed by atoms with Gasteiger partial charge in [-0.15, -0.1) is 0 Å². The first-order valence-electron chi connectivity index (χ1n) is 6.65. The predicted molar refractivity (Wildman–Crippen MR) is 80.2 cm³/mol. The van der Waals surface area contributed by atoms with Gasteiger partial charge in [-0.1, -0.05) is 36.4 Å². The van der Waals surface area contributed by atoms with E-state index in [2.05, 4.69) is 66.2 Å². The summed E-state index contributed by atoms with van der Waals surface area (Å²) in [7, 11) is 0. The molecule has 3 rings (SSSR count). The van der Waals surface area contributed by atoms with Crippen molar-refractivity contribution in [3.63, 3.8) is 0 Å². The number of nitrogens with zero attached hydrogens (tertiary/aromatic N) is 1. The largest absolute Gasteiger partial charge is 0.328 e. The van der Waals surface area contributed by atoms with Gasteiger partial charge >= 0.3 is 0 Å². The highest BCUT2D eigenvalue weighted by atomic mass is 14.9. The molecule has 2 heterocycles. The van der Waals surface area contributed by atoms with Gasteiger partial charge in [-0.2, -0.15) is 0 Å². The van der Waals surface area contributed by atoms with Gasteiger partial charge in [0, 0.05) is 24.0 Å². The van der Waals surface area contributed by atoms with Crippen molar-refractivity contribution in [2.45, 2.75) is 19.4 Å². The van der Waals surface area contributed by atoms with Gasteiger partial charge in [0.25, 0.3) is 0 Å². The molecule has 2 N–H and O–H groups in total. The summed E-state index contributed by atoms with van der Waals surface area (Å²) in [6, 6.07) is 17.0. The summed E-state index contributed by atoms with van der Waals surface area (Å²) in [5, 5.41) is 0. The molecule has 0 saturated heterocycles. The van der Waals surface area contributed by atoms with Gasteiger partial charge in [-0.3, -0.25) is 0 Å². The van der Waals surface area contributed by atoms with E-state index in [1.807, 2.05) is 6.07 Å². The molecule has 1 atom stereocenters. The van der Waals surface area contributed by atoms with E-state index in [9.17, 15) is 0 Å². The zero-order valence-electron chi connectivity index (χ0n) is 11.1. The number of pyridine rings is 1. The van der Waals surface area contributed by atoms with Crippen molar-refractivity contribution in [1.82, 2.24) is 4.40 Å². The van der Waals surface area contributed by atoms with Crippen LogP contribution in [0.15, 0.2) is 60.9 Å². The number of aromatic nitrogens is 1. The average molecular weight is 250 g/mol. The summed E-state index contributed by atoms with van der Waals surface area (Å²) in [4.78, 5) is 0. The van der Waals surface area contributed by atoms with Gasteiger partial charge in [0.15, 0.2) is 0 Å². The first kappa shape index (κ1) is 12.0. The Bertz CT molecular complexity index is 681. The maximum Gasteiger partial charge on any atom is 0.0531 e. The Labute approximate surface area is 113 Å². The number of benzene rings is 1. The van der Waals surface area contributed by atoms with Gasteiger partial charge in [0.1, 0.15) is 0 Å². The molecule has 2 nitrogen and oxygen atoms in total. The van der Waals surface area contributed by atoms with Crippen LogP contribution in [0, 0.1) is 0 Å². The average Bonchev–Trinajstić information content (AvgIpc) is 2.76. The van der Waals surface area contributed by atoms with Crippen LogP contribution in [0.2, 0.25) is 0 Å². The second kappa shape index (κ2) is 4.90. The molecular weight excluding hydrogens is 232 g/mol. The lowest BCUT2D eigenvalue weighted by Gasteiger charge is -2.07. The van der Waals surface area contributed by atoms with Crippen LogP contribution >= 0.6 is 0 Å². The normalized spacial score (nSPS) is 12.7. The molecule has 0 aliphatic carbocycles. The first-order chi connectivity index (χ1) is 9.25. The molecule has 0 aliphatic rings. The quantitative estimate of drug-likeness (QED) is 0.757. The SMILES string of the molecule is CC(N)Cc1cn2ccccc2c1-c1ccccc1. The fourth-order valence-corrected chi connectivity index (χ4v) is 2.62. The van der Waals surface area contributed by atoms with Gasteiger partial charge in [0.2, 0.25) is 0 Å². The maximum absolute atomic E-state index is 5.98. The topological polar surface area (TPSA) is 30.4 Å². The third-order valence-electron chi connectivity index (χ3n) is 3.37. The summed E-state index contributed by atoms with van der Waals surface area (Å²) in [5.74, 6) is 0. The van der Waals surface area contributed by atoms with Crippen molar-refractivity contribution in [2.75, 3.05) is 0 Å². The van der Waals surface area contributed by atoms with E-state index in [0.29, 0.717) is 0 Å². The third-order valence-corrected chi connectivity index (χ3v) is 3.37. The van der Waals surface area contributed by atoms with Crippen molar-refractivity contribution in [2.24, 2.45) is 5.73 Å². The first-order valence-corrected chi connectivity index (χ1v) is 6.65. The monoisotopic (exact) mass is 250 g/mol. The second-order valence-corrected chi connectivity index (χ2v) is 5.07. The molecule has 0 fully saturated rings. The van der Waals surface area contributed by atoms with Crippen LogP contribution in [0.25, 0.3) is 16.6 Å². The molecule has 0 radical (unpaired) electrons. The minimum atomic E-state index is 0.167. The Morgan fingerprint density at radius 1 is 1.05 bits per heavy atom. The Balaban J connectivity index is 2.24. The van der Waals surface area contributed by atoms with Crippen molar-refractivity contribution in [3.8, 4) is 11.1 Å². The van der Waals surface area contributed by atoms with Crippen LogP contribution < -0.4 is 5.73 Å². The van der Waals surface area contributed by atoms with E-state index in [-0.39, 0.29) is 6.04 Å². The fraction of sp³-hybridized carbons (Fsp3) is 0.176. The number of rotatable bonds is 3. The second-order valence-electron chi connectivity index (χ2n) is 5.07. The highest BCUT2D eigenvalue weighted by molar-refractivity contribution is 5.84. The summed E-state index contributed by atoms with van der Waals surface area (Å²) < 4.78 is 2.18. The number of fused-ring (bicyclic) bond motifs is 1. The molecular formula is C17H18N2. The van der Waals surface area contributed by atoms with E-state index >= 15 is 0 Å². The summed E-state index contributed by atoms with van der Waals surface area (Å²) >= 11 is 0. The molecule has 3 aromatic rings. The van der Waals surface area contributed by atoms with Gasteiger partial charge in [0.05, 0.1) is 5.52 Å². The van der Waals surface area contributed by atoms with E-state index in [4.69, 9.17) is 5.73 Å². The minimum Gasteiger partial charge on any atom is -0.328 e. The van der Waals surface area contributed by atoms with Crippen molar-refractivity contribution >= 4 is 5.52 Å². The predicted octanol–water partition coefficient (Wildman–Crippen LogP) is 3.50. The Morgan fingerprint density at radius 2 is 1.79 bits per heavy atom. The molecule has 0 bridgehead atoms. The lowest BCUT2D eigenvalue weighted by Crippen LogP contribution is -2.17. The smallest absolute Gasteiger partial charge is 0.0531 e. The highest BCUT2D eigenvalue weighted by Gasteiger charge is 2.13. The zero-order chi connectivity index (χ0) is 13.2. The Kier molecular flexibility index (Phi) is 3.10. The van der Waals surface area contributed by atoms with Crippen LogP contribution in [-0.2, 0) is 6.42 Å². The van der Waals surface area contributed by atoms with E-state index < -0.39 is 0 Å². The lowest BCUT2D eigenvalue weighted by atomic mass is 9.99. The van der Waals surface area contributed by atoms with Crippen LogP contribution in [-0.4, -0.2) is 10.4 Å². The fourth-order valence-electron chi connectivity index (χ4n) is 2.62. The molecule has 19 heavy (non-hydrogen) atoms. The Hall–Kier alpha value is -2.06. The van der Waals surface area contributed by atoms with Crippen LogP contribution in [0.5, 0.6) is 0 Å². The molecule has 0 spiro atoms.